The van der Waals surface area contributed by atoms with Crippen LogP contribution < -0.4 is 16.0 Å². The minimum Gasteiger partial charge on any atom is -0.379 e. The van der Waals surface area contributed by atoms with Gasteiger partial charge in [-0.3, -0.25) is 9.59 Å². The van der Waals surface area contributed by atoms with Crippen molar-refractivity contribution < 1.29 is 14.3 Å². The van der Waals surface area contributed by atoms with Gasteiger partial charge < -0.3 is 20.7 Å². The third-order valence-corrected chi connectivity index (χ3v) is 4.65. The third kappa shape index (κ3) is 18.6. The first-order chi connectivity index (χ1) is 13.7. The van der Waals surface area contributed by atoms with Crippen LogP contribution >= 0.6 is 0 Å². The molecule has 0 bridgehead atoms. The zero-order chi connectivity index (χ0) is 22.1. The SMILES string of the molecule is CC(C)NC(CCCCNC(=O)C(C)C)CC(=O)NCCCCCCOC(C)C. The molecule has 0 aromatic heterocycles. The van der Waals surface area contributed by atoms with Gasteiger partial charge >= 0.3 is 0 Å². The summed E-state index contributed by atoms with van der Waals surface area (Å²) in [5.74, 6) is 0.260. The molecule has 0 radical (unpaired) electrons. The van der Waals surface area contributed by atoms with Crippen LogP contribution in [-0.4, -0.2) is 49.7 Å². The van der Waals surface area contributed by atoms with E-state index in [1.807, 2.05) is 13.8 Å². The maximum absolute atomic E-state index is 12.3. The van der Waals surface area contributed by atoms with Gasteiger partial charge in [0.1, 0.15) is 0 Å². The molecule has 0 aliphatic rings. The van der Waals surface area contributed by atoms with Crippen molar-refractivity contribution >= 4 is 11.8 Å². The van der Waals surface area contributed by atoms with E-state index in [0.29, 0.717) is 25.1 Å². The molecule has 1 atom stereocenters. The van der Waals surface area contributed by atoms with E-state index >= 15 is 0 Å². The van der Waals surface area contributed by atoms with Gasteiger partial charge in [0.15, 0.2) is 0 Å². The molecule has 1 unspecified atom stereocenters. The summed E-state index contributed by atoms with van der Waals surface area (Å²) < 4.78 is 5.53. The zero-order valence-electron chi connectivity index (χ0n) is 19.8. The highest BCUT2D eigenvalue weighted by Gasteiger charge is 2.14. The first kappa shape index (κ1) is 27.9. The fourth-order valence-electron chi connectivity index (χ4n) is 3.07. The Morgan fingerprint density at radius 3 is 2.03 bits per heavy atom. The average Bonchev–Trinajstić information content (AvgIpc) is 2.62. The van der Waals surface area contributed by atoms with E-state index < -0.39 is 0 Å². The first-order valence-electron chi connectivity index (χ1n) is 11.6. The summed E-state index contributed by atoms with van der Waals surface area (Å²) in [5.41, 5.74) is 0. The number of hydrogen-bond acceptors (Lipinski definition) is 4. The molecule has 6 nitrogen and oxygen atoms in total. The van der Waals surface area contributed by atoms with E-state index in [0.717, 1.165) is 58.1 Å². The van der Waals surface area contributed by atoms with Crippen LogP contribution in [0.25, 0.3) is 0 Å². The highest BCUT2D eigenvalue weighted by molar-refractivity contribution is 5.77. The summed E-state index contributed by atoms with van der Waals surface area (Å²) >= 11 is 0. The molecule has 3 N–H and O–H groups in total. The van der Waals surface area contributed by atoms with Gasteiger partial charge in [-0.05, 0) is 39.5 Å². The van der Waals surface area contributed by atoms with Crippen molar-refractivity contribution in [3.8, 4) is 0 Å². The van der Waals surface area contributed by atoms with E-state index in [-0.39, 0.29) is 23.8 Å². The molecule has 6 heteroatoms. The highest BCUT2D eigenvalue weighted by atomic mass is 16.5. The lowest BCUT2D eigenvalue weighted by Gasteiger charge is -2.21. The van der Waals surface area contributed by atoms with Crippen LogP contribution in [0.1, 0.15) is 92.9 Å². The molecule has 0 saturated heterocycles. The molecule has 0 fully saturated rings. The maximum atomic E-state index is 12.3. The maximum Gasteiger partial charge on any atom is 0.222 e. The van der Waals surface area contributed by atoms with Crippen LogP contribution in [0.15, 0.2) is 0 Å². The highest BCUT2D eigenvalue weighted by Crippen LogP contribution is 2.07. The molecular formula is C23H47N3O3. The number of amides is 2. The molecule has 0 aliphatic heterocycles. The van der Waals surface area contributed by atoms with Crippen molar-refractivity contribution in [1.29, 1.82) is 0 Å². The van der Waals surface area contributed by atoms with Crippen molar-refractivity contribution in [2.24, 2.45) is 5.92 Å². The Labute approximate surface area is 179 Å². The first-order valence-corrected chi connectivity index (χ1v) is 11.6. The lowest BCUT2D eigenvalue weighted by molar-refractivity contribution is -0.124. The van der Waals surface area contributed by atoms with E-state index in [1.54, 1.807) is 0 Å². The number of rotatable bonds is 18. The van der Waals surface area contributed by atoms with Crippen LogP contribution in [0.4, 0.5) is 0 Å². The smallest absolute Gasteiger partial charge is 0.222 e. The third-order valence-electron chi connectivity index (χ3n) is 4.65. The fraction of sp³-hybridized carbons (Fsp3) is 0.913. The minimum atomic E-state index is 0.0300. The molecular weight excluding hydrogens is 366 g/mol. The average molecular weight is 414 g/mol. The summed E-state index contributed by atoms with van der Waals surface area (Å²) in [6, 6.07) is 0.533. The van der Waals surface area contributed by atoms with Crippen LogP contribution in [0.3, 0.4) is 0 Å². The number of hydrogen-bond donors (Lipinski definition) is 3. The number of carbonyl (C=O) groups excluding carboxylic acids is 2. The molecule has 0 aromatic rings. The minimum absolute atomic E-state index is 0.0300. The summed E-state index contributed by atoms with van der Waals surface area (Å²) in [4.78, 5) is 23.8. The summed E-state index contributed by atoms with van der Waals surface area (Å²) in [7, 11) is 0. The number of nitrogens with one attached hydrogen (secondary N) is 3. The number of unbranched alkanes of at least 4 members (excludes halogenated alkanes) is 4. The second kappa shape index (κ2) is 17.7. The van der Waals surface area contributed by atoms with Crippen molar-refractivity contribution in [3.63, 3.8) is 0 Å². The van der Waals surface area contributed by atoms with Crippen LogP contribution in [0.2, 0.25) is 0 Å². The molecule has 0 aromatic carbocycles. The van der Waals surface area contributed by atoms with Crippen LogP contribution in [0, 0.1) is 5.92 Å². The van der Waals surface area contributed by atoms with Gasteiger partial charge in [-0.1, -0.05) is 47.0 Å². The number of ether oxygens (including phenoxy) is 1. The Kier molecular flexibility index (Phi) is 17.0. The van der Waals surface area contributed by atoms with Gasteiger partial charge in [-0.15, -0.1) is 0 Å². The van der Waals surface area contributed by atoms with Gasteiger partial charge in [0, 0.05) is 44.1 Å². The molecule has 172 valence electrons. The largest absolute Gasteiger partial charge is 0.379 e. The zero-order valence-corrected chi connectivity index (χ0v) is 19.8. The summed E-state index contributed by atoms with van der Waals surface area (Å²) in [6.07, 6.45) is 8.07. The van der Waals surface area contributed by atoms with Gasteiger partial charge in [-0.2, -0.15) is 0 Å². The molecule has 29 heavy (non-hydrogen) atoms. The fourth-order valence-corrected chi connectivity index (χ4v) is 3.07. The van der Waals surface area contributed by atoms with E-state index in [1.165, 1.54) is 0 Å². The van der Waals surface area contributed by atoms with Crippen molar-refractivity contribution in [3.05, 3.63) is 0 Å². The monoisotopic (exact) mass is 413 g/mol. The Bertz CT molecular complexity index is 426. The molecule has 0 heterocycles. The Morgan fingerprint density at radius 2 is 1.41 bits per heavy atom. The predicted octanol–water partition coefficient (Wildman–Crippen LogP) is 3.79. The normalized spacial score (nSPS) is 12.6. The lowest BCUT2D eigenvalue weighted by Crippen LogP contribution is -2.39. The van der Waals surface area contributed by atoms with E-state index in [4.69, 9.17) is 4.74 Å². The van der Waals surface area contributed by atoms with E-state index in [2.05, 4.69) is 43.6 Å². The van der Waals surface area contributed by atoms with Gasteiger partial charge in [0.25, 0.3) is 0 Å². The summed E-state index contributed by atoms with van der Waals surface area (Å²) in [5, 5.41) is 9.51. The van der Waals surface area contributed by atoms with Gasteiger partial charge in [0.05, 0.1) is 6.10 Å². The van der Waals surface area contributed by atoms with Crippen molar-refractivity contribution in [2.75, 3.05) is 19.7 Å². The van der Waals surface area contributed by atoms with Crippen molar-refractivity contribution in [2.45, 2.75) is 111 Å². The Morgan fingerprint density at radius 1 is 0.793 bits per heavy atom. The van der Waals surface area contributed by atoms with E-state index in [9.17, 15) is 9.59 Å². The van der Waals surface area contributed by atoms with Crippen LogP contribution in [-0.2, 0) is 14.3 Å². The Hall–Kier alpha value is -1.14. The number of carbonyl (C=O) groups is 2. The summed E-state index contributed by atoms with van der Waals surface area (Å²) in [6.45, 7) is 14.4. The topological polar surface area (TPSA) is 79.5 Å². The standard InChI is InChI=1S/C23H47N3O3/c1-18(2)23(28)25-15-11-9-13-21(26-19(3)4)17-22(27)24-14-10-7-8-12-16-29-20(5)6/h18-21,26H,7-17H2,1-6H3,(H,24,27)(H,25,28). The quantitative estimate of drug-likeness (QED) is 0.299. The van der Waals surface area contributed by atoms with Crippen molar-refractivity contribution in [1.82, 2.24) is 16.0 Å². The van der Waals surface area contributed by atoms with Gasteiger partial charge in [-0.25, -0.2) is 0 Å². The molecule has 0 spiro atoms. The molecule has 0 aliphatic carbocycles. The second-order valence-corrected chi connectivity index (χ2v) is 8.85. The second-order valence-electron chi connectivity index (χ2n) is 8.85. The lowest BCUT2D eigenvalue weighted by atomic mass is 10.0. The predicted molar refractivity (Wildman–Crippen MR) is 121 cm³/mol. The molecule has 2 amide bonds. The Balaban J connectivity index is 3.90. The molecule has 0 rings (SSSR count). The van der Waals surface area contributed by atoms with Gasteiger partial charge in [0.2, 0.25) is 11.8 Å². The molecule has 0 saturated carbocycles. The van der Waals surface area contributed by atoms with Crippen LogP contribution in [0.5, 0.6) is 0 Å².